The summed E-state index contributed by atoms with van der Waals surface area (Å²) in [4.78, 5) is 0. The summed E-state index contributed by atoms with van der Waals surface area (Å²) in [7, 11) is 0. The van der Waals surface area contributed by atoms with Crippen molar-refractivity contribution in [3.05, 3.63) is 72.9 Å². The fourth-order valence-corrected chi connectivity index (χ4v) is 2.80. The van der Waals surface area contributed by atoms with Gasteiger partial charge in [-0.25, -0.2) is 0 Å². The first-order valence-corrected chi connectivity index (χ1v) is 8.03. The van der Waals surface area contributed by atoms with Gasteiger partial charge in [0.05, 0.1) is 24.4 Å². The maximum atomic E-state index is 9.41. The maximum Gasteiger partial charge on any atom is 0.0811 e. The van der Waals surface area contributed by atoms with E-state index < -0.39 is 24.4 Å². The monoisotopic (exact) mass is 332 g/mol. The van der Waals surface area contributed by atoms with Gasteiger partial charge >= 0.3 is 0 Å². The topological polar surface area (TPSA) is 80.9 Å². The molecule has 0 aromatic carbocycles. The van der Waals surface area contributed by atoms with E-state index in [0.29, 0.717) is 36.8 Å². The third kappa shape index (κ3) is 5.73. The molecule has 4 heteroatoms. The molecule has 0 aromatic heterocycles. The van der Waals surface area contributed by atoms with Crippen LogP contribution in [0.1, 0.15) is 25.7 Å². The smallest absolute Gasteiger partial charge is 0.0811 e. The number of rotatable bonds is 2. The van der Waals surface area contributed by atoms with Crippen molar-refractivity contribution in [2.45, 2.75) is 50.1 Å². The molecule has 0 saturated heterocycles. The van der Waals surface area contributed by atoms with Gasteiger partial charge in [-0.15, -0.1) is 0 Å². The second-order valence-electron chi connectivity index (χ2n) is 6.12. The zero-order chi connectivity index (χ0) is 18.3. The van der Waals surface area contributed by atoms with Crippen LogP contribution in [0.15, 0.2) is 72.9 Å². The van der Waals surface area contributed by atoms with Crippen LogP contribution in [0.2, 0.25) is 0 Å². The molecule has 0 bridgehead atoms. The van der Waals surface area contributed by atoms with Crippen LogP contribution in [0, 0.1) is 0 Å². The lowest BCUT2D eigenvalue weighted by molar-refractivity contribution is 0.0856. The van der Waals surface area contributed by atoms with Crippen molar-refractivity contribution in [1.82, 2.24) is 0 Å². The van der Waals surface area contributed by atoms with Crippen molar-refractivity contribution in [2.75, 3.05) is 0 Å². The largest absolute Gasteiger partial charge is 0.393 e. The zero-order valence-corrected chi connectivity index (χ0v) is 14.1. The van der Waals surface area contributed by atoms with Gasteiger partial charge in [-0.2, -0.15) is 0 Å². The molecule has 0 heterocycles. The third-order valence-electron chi connectivity index (χ3n) is 4.17. The maximum absolute atomic E-state index is 9.41. The molecule has 2 fully saturated rings. The quantitative estimate of drug-likeness (QED) is 0.626. The summed E-state index contributed by atoms with van der Waals surface area (Å²) in [6.07, 6.45) is 6.70. The lowest BCUT2D eigenvalue weighted by atomic mass is 9.86. The Morgan fingerprint density at radius 2 is 1.04 bits per heavy atom. The molecule has 0 aliphatic heterocycles. The predicted molar refractivity (Wildman–Crippen MR) is 97.3 cm³/mol. The fraction of sp³-hybridized carbons (Fsp3) is 0.400. The predicted octanol–water partition coefficient (Wildman–Crippen LogP) is 2.34. The third-order valence-corrected chi connectivity index (χ3v) is 4.17. The van der Waals surface area contributed by atoms with Gasteiger partial charge in [-0.1, -0.05) is 50.6 Å². The van der Waals surface area contributed by atoms with E-state index in [-0.39, 0.29) is 0 Å². The van der Waals surface area contributed by atoms with Crippen LogP contribution in [0.4, 0.5) is 0 Å². The van der Waals surface area contributed by atoms with Crippen molar-refractivity contribution in [2.24, 2.45) is 0 Å². The van der Waals surface area contributed by atoms with E-state index in [1.54, 1.807) is 24.3 Å². The van der Waals surface area contributed by atoms with Crippen molar-refractivity contribution >= 4 is 0 Å². The molecular formula is C20H28O4. The van der Waals surface area contributed by atoms with Crippen LogP contribution in [0.3, 0.4) is 0 Å². The van der Waals surface area contributed by atoms with Crippen molar-refractivity contribution in [1.29, 1.82) is 0 Å². The highest BCUT2D eigenvalue weighted by molar-refractivity contribution is 5.37. The molecule has 4 atom stereocenters. The summed E-state index contributed by atoms with van der Waals surface area (Å²) in [6.45, 7) is 14.6. The van der Waals surface area contributed by atoms with E-state index >= 15 is 0 Å². The van der Waals surface area contributed by atoms with Crippen LogP contribution in [-0.2, 0) is 0 Å². The van der Waals surface area contributed by atoms with Gasteiger partial charge in [0.25, 0.3) is 0 Å². The fourth-order valence-electron chi connectivity index (χ4n) is 2.80. The van der Waals surface area contributed by atoms with Crippen LogP contribution in [0.5, 0.6) is 0 Å². The summed E-state index contributed by atoms with van der Waals surface area (Å²) in [5.74, 6) is 0. The Morgan fingerprint density at radius 1 is 0.708 bits per heavy atom. The van der Waals surface area contributed by atoms with Gasteiger partial charge in [0, 0.05) is 12.8 Å². The summed E-state index contributed by atoms with van der Waals surface area (Å²) in [5, 5.41) is 37.5. The molecule has 0 amide bonds. The van der Waals surface area contributed by atoms with Crippen LogP contribution < -0.4 is 0 Å². The Bertz CT molecular complexity index is 506. The van der Waals surface area contributed by atoms with E-state index in [1.807, 2.05) is 0 Å². The van der Waals surface area contributed by atoms with Crippen molar-refractivity contribution in [3.63, 3.8) is 0 Å². The van der Waals surface area contributed by atoms with Crippen LogP contribution in [-0.4, -0.2) is 44.8 Å². The Morgan fingerprint density at radius 3 is 1.33 bits per heavy atom. The molecule has 0 radical (unpaired) electrons. The molecule has 2 aliphatic rings. The molecule has 2 aliphatic carbocycles. The molecule has 2 saturated carbocycles. The molecular weight excluding hydrogens is 304 g/mol. The van der Waals surface area contributed by atoms with Crippen molar-refractivity contribution in [3.8, 4) is 0 Å². The van der Waals surface area contributed by atoms with Gasteiger partial charge in [0.1, 0.15) is 0 Å². The van der Waals surface area contributed by atoms with Gasteiger partial charge in [0.15, 0.2) is 0 Å². The lowest BCUT2D eigenvalue weighted by Gasteiger charge is -2.26. The van der Waals surface area contributed by atoms with Gasteiger partial charge in [-0.05, 0) is 35.1 Å². The van der Waals surface area contributed by atoms with E-state index in [1.165, 1.54) is 0 Å². The van der Waals surface area contributed by atoms with Gasteiger partial charge < -0.3 is 20.4 Å². The summed E-state index contributed by atoms with van der Waals surface area (Å²) in [6, 6.07) is 0. The first-order chi connectivity index (χ1) is 11.3. The first-order valence-electron chi connectivity index (χ1n) is 8.03. The van der Waals surface area contributed by atoms with Crippen LogP contribution in [0.25, 0.3) is 0 Å². The summed E-state index contributed by atoms with van der Waals surface area (Å²) < 4.78 is 0. The summed E-state index contributed by atoms with van der Waals surface area (Å²) >= 11 is 0. The van der Waals surface area contributed by atoms with Crippen LogP contribution >= 0.6 is 0 Å². The van der Waals surface area contributed by atoms with E-state index in [0.717, 1.165) is 11.1 Å². The molecule has 24 heavy (non-hydrogen) atoms. The Balaban J connectivity index is 0.000000240. The number of aliphatic hydroxyl groups excluding tert-OH is 4. The van der Waals surface area contributed by atoms with Gasteiger partial charge in [0.2, 0.25) is 0 Å². The number of allylic oxidation sites excluding steroid dienone is 4. The molecule has 0 spiro atoms. The molecule has 4 unspecified atom stereocenters. The number of hydrogen-bond acceptors (Lipinski definition) is 4. The van der Waals surface area contributed by atoms with E-state index in [9.17, 15) is 20.4 Å². The first kappa shape index (κ1) is 20.3. The molecule has 4 nitrogen and oxygen atoms in total. The van der Waals surface area contributed by atoms with E-state index in [2.05, 4.69) is 26.3 Å². The Labute approximate surface area is 144 Å². The highest BCUT2D eigenvalue weighted by Crippen LogP contribution is 2.28. The average molecular weight is 332 g/mol. The van der Waals surface area contributed by atoms with Crippen molar-refractivity contribution < 1.29 is 20.4 Å². The van der Waals surface area contributed by atoms with Gasteiger partial charge in [-0.3, -0.25) is 0 Å². The highest BCUT2D eigenvalue weighted by atomic mass is 16.3. The highest BCUT2D eigenvalue weighted by Gasteiger charge is 2.25. The number of hydrogen-bond donors (Lipinski definition) is 4. The Hall–Kier alpha value is -1.72. The minimum atomic E-state index is -0.597. The Kier molecular flexibility index (Phi) is 8.08. The summed E-state index contributed by atoms with van der Waals surface area (Å²) in [5.41, 5.74) is 3.22. The minimum Gasteiger partial charge on any atom is -0.393 e. The second kappa shape index (κ2) is 9.55. The minimum absolute atomic E-state index is 0.396. The standard InChI is InChI=1S/2C10H14O2/c2*1-3-4-8-5-9(11)6-10(12)7(8)2/h2*3-4,9-12H,1-2,5-6H2/b2*8-4-. The molecule has 4 N–H and O–H groups in total. The molecule has 0 aromatic rings. The molecule has 132 valence electrons. The number of aliphatic hydroxyl groups is 4. The SMILES string of the molecule is C=C/C=C1/CC(O)CC(O)C1=C.C=C/C=C1/CC(O)CC(O)C1=C. The second-order valence-corrected chi connectivity index (χ2v) is 6.12. The zero-order valence-electron chi connectivity index (χ0n) is 14.1. The lowest BCUT2D eigenvalue weighted by Crippen LogP contribution is -2.26. The molecule has 2 rings (SSSR count). The average Bonchev–Trinajstić information content (AvgIpc) is 2.50. The normalized spacial score (nSPS) is 33.8. The van der Waals surface area contributed by atoms with E-state index in [4.69, 9.17) is 0 Å².